The summed E-state index contributed by atoms with van der Waals surface area (Å²) in [6.45, 7) is 4.07. The van der Waals surface area contributed by atoms with Crippen LogP contribution in [0.1, 0.15) is 56.3 Å². The van der Waals surface area contributed by atoms with E-state index in [-0.39, 0.29) is 23.8 Å². The number of benzene rings is 1. The summed E-state index contributed by atoms with van der Waals surface area (Å²) in [6.07, 6.45) is 4.45. The molecule has 1 aliphatic rings. The monoisotopic (exact) mass is 447 g/mol. The van der Waals surface area contributed by atoms with Gasteiger partial charge in [-0.3, -0.25) is 9.78 Å². The summed E-state index contributed by atoms with van der Waals surface area (Å²) in [5, 5.41) is 16.0. The van der Waals surface area contributed by atoms with Gasteiger partial charge < -0.3 is 15.7 Å². The topological polar surface area (TPSA) is 91.3 Å². The van der Waals surface area contributed by atoms with Crippen molar-refractivity contribution in [2.75, 3.05) is 5.32 Å². The van der Waals surface area contributed by atoms with Gasteiger partial charge in [-0.05, 0) is 49.8 Å². The van der Waals surface area contributed by atoms with Crippen molar-refractivity contribution in [3.8, 4) is 0 Å². The number of carboxylic acid groups (broad SMARTS) is 1. The Morgan fingerprint density at radius 3 is 2.54 bits per heavy atom. The lowest BCUT2D eigenvalue weighted by atomic mass is 9.90. The number of carbonyl (C=O) groups is 2. The molecule has 0 atom stereocenters. The fraction of sp³-hybridized carbons (Fsp3) is 0.476. The zero-order valence-electron chi connectivity index (χ0n) is 16.2. The Balaban J connectivity index is 1.88. The predicted molar refractivity (Wildman–Crippen MR) is 114 cm³/mol. The van der Waals surface area contributed by atoms with Crippen molar-refractivity contribution in [2.45, 2.75) is 58.0 Å². The smallest absolute Gasteiger partial charge is 0.404 e. The molecule has 1 fully saturated rings. The van der Waals surface area contributed by atoms with Crippen molar-refractivity contribution in [1.29, 1.82) is 0 Å². The normalized spacial score (nSPS) is 19.6. The van der Waals surface area contributed by atoms with E-state index in [0.717, 1.165) is 46.7 Å². The molecule has 1 heterocycles. The van der Waals surface area contributed by atoms with E-state index < -0.39 is 6.09 Å². The number of halogens is 1. The summed E-state index contributed by atoms with van der Waals surface area (Å²) in [7, 11) is 0. The molecule has 1 aromatic heterocycles. The number of amides is 1. The second kappa shape index (κ2) is 8.90. The average Bonchev–Trinajstić information content (AvgIpc) is 2.62. The standard InChI is InChI=1S/C21H26BrN3O3/c1-12(2)9-19(26)17-11-23-18-8-3-13(22)10-16(18)20(17)24-14-4-6-15(7-5-14)25-21(27)28/h3,8,10-12,14-15,25H,4-7,9H2,1-2H3,(H,23,24)(H,27,28)/t14-,15-. The highest BCUT2D eigenvalue weighted by Gasteiger charge is 2.25. The second-order valence-corrected chi connectivity index (χ2v) is 8.79. The molecule has 28 heavy (non-hydrogen) atoms. The molecule has 1 aliphatic carbocycles. The SMILES string of the molecule is CC(C)CC(=O)c1cnc2ccc(Br)cc2c1N[C@H]1CC[C@H](NC(=O)O)CC1. The van der Waals surface area contributed by atoms with Crippen molar-refractivity contribution in [3.05, 3.63) is 34.4 Å². The van der Waals surface area contributed by atoms with Crippen LogP contribution in [0.3, 0.4) is 0 Å². The summed E-state index contributed by atoms with van der Waals surface area (Å²) in [6, 6.07) is 6.07. The van der Waals surface area contributed by atoms with E-state index in [0.29, 0.717) is 12.0 Å². The van der Waals surface area contributed by atoms with Gasteiger partial charge in [0.25, 0.3) is 0 Å². The van der Waals surface area contributed by atoms with E-state index in [1.54, 1.807) is 6.20 Å². The van der Waals surface area contributed by atoms with Crippen LogP contribution in [0.15, 0.2) is 28.9 Å². The molecule has 1 saturated carbocycles. The van der Waals surface area contributed by atoms with Crippen LogP contribution < -0.4 is 10.6 Å². The maximum atomic E-state index is 12.9. The molecule has 3 rings (SSSR count). The fourth-order valence-electron chi connectivity index (χ4n) is 3.77. The number of carbonyl (C=O) groups excluding carboxylic acids is 1. The molecule has 0 spiro atoms. The maximum absolute atomic E-state index is 12.9. The van der Waals surface area contributed by atoms with Gasteiger partial charge in [0.05, 0.1) is 16.8 Å². The largest absolute Gasteiger partial charge is 0.465 e. The Morgan fingerprint density at radius 1 is 1.21 bits per heavy atom. The van der Waals surface area contributed by atoms with E-state index in [1.807, 2.05) is 32.0 Å². The van der Waals surface area contributed by atoms with Crippen molar-refractivity contribution in [3.63, 3.8) is 0 Å². The number of fused-ring (bicyclic) bond motifs is 1. The van der Waals surface area contributed by atoms with Gasteiger partial charge in [0.1, 0.15) is 0 Å². The van der Waals surface area contributed by atoms with Crippen molar-refractivity contribution < 1.29 is 14.7 Å². The number of hydrogen-bond donors (Lipinski definition) is 3. The Morgan fingerprint density at radius 2 is 1.89 bits per heavy atom. The Hall–Kier alpha value is -2.15. The number of anilines is 1. The molecule has 3 N–H and O–H groups in total. The molecule has 0 aliphatic heterocycles. The number of pyridine rings is 1. The third-order valence-electron chi connectivity index (χ3n) is 5.13. The lowest BCUT2D eigenvalue weighted by Gasteiger charge is -2.30. The number of rotatable bonds is 6. The van der Waals surface area contributed by atoms with Gasteiger partial charge in [0.15, 0.2) is 5.78 Å². The van der Waals surface area contributed by atoms with Gasteiger partial charge in [-0.1, -0.05) is 29.8 Å². The van der Waals surface area contributed by atoms with Gasteiger partial charge in [-0.25, -0.2) is 4.79 Å². The molecule has 1 amide bonds. The third-order valence-corrected chi connectivity index (χ3v) is 5.62. The summed E-state index contributed by atoms with van der Waals surface area (Å²) >= 11 is 3.52. The van der Waals surface area contributed by atoms with Crippen LogP contribution in [0, 0.1) is 5.92 Å². The van der Waals surface area contributed by atoms with Crippen LogP contribution >= 0.6 is 15.9 Å². The Bertz CT molecular complexity index is 877. The molecular weight excluding hydrogens is 422 g/mol. The lowest BCUT2D eigenvalue weighted by Crippen LogP contribution is -2.39. The van der Waals surface area contributed by atoms with Gasteiger partial charge in [-0.15, -0.1) is 0 Å². The molecule has 0 radical (unpaired) electrons. The van der Waals surface area contributed by atoms with Crippen LogP contribution in [-0.2, 0) is 0 Å². The summed E-state index contributed by atoms with van der Waals surface area (Å²) in [5.41, 5.74) is 2.31. The highest BCUT2D eigenvalue weighted by atomic mass is 79.9. The molecule has 0 saturated heterocycles. The van der Waals surface area contributed by atoms with Gasteiger partial charge in [-0.2, -0.15) is 0 Å². The zero-order valence-corrected chi connectivity index (χ0v) is 17.8. The Kier molecular flexibility index (Phi) is 6.54. The first-order valence-corrected chi connectivity index (χ1v) is 10.5. The number of hydrogen-bond acceptors (Lipinski definition) is 4. The second-order valence-electron chi connectivity index (χ2n) is 7.87. The first kappa shape index (κ1) is 20.6. The van der Waals surface area contributed by atoms with E-state index >= 15 is 0 Å². The minimum Gasteiger partial charge on any atom is -0.465 e. The summed E-state index contributed by atoms with van der Waals surface area (Å²) < 4.78 is 0.938. The van der Waals surface area contributed by atoms with Crippen LogP contribution in [0.25, 0.3) is 10.9 Å². The third kappa shape index (κ3) is 5.01. The van der Waals surface area contributed by atoms with Crippen LogP contribution in [0.5, 0.6) is 0 Å². The minimum absolute atomic E-state index is 0.000854. The van der Waals surface area contributed by atoms with Crippen molar-refractivity contribution in [1.82, 2.24) is 10.3 Å². The number of aromatic nitrogens is 1. The summed E-state index contributed by atoms with van der Waals surface area (Å²) in [4.78, 5) is 28.2. The summed E-state index contributed by atoms with van der Waals surface area (Å²) in [5.74, 6) is 0.365. The van der Waals surface area contributed by atoms with E-state index in [9.17, 15) is 9.59 Å². The molecule has 0 bridgehead atoms. The average molecular weight is 448 g/mol. The van der Waals surface area contributed by atoms with E-state index in [2.05, 4.69) is 31.5 Å². The van der Waals surface area contributed by atoms with Crippen molar-refractivity contribution in [2.24, 2.45) is 5.92 Å². The predicted octanol–water partition coefficient (Wildman–Crippen LogP) is 5.22. The minimum atomic E-state index is -0.969. The quantitative estimate of drug-likeness (QED) is 0.528. The maximum Gasteiger partial charge on any atom is 0.404 e. The van der Waals surface area contributed by atoms with Gasteiger partial charge >= 0.3 is 6.09 Å². The molecule has 2 aromatic rings. The highest BCUT2D eigenvalue weighted by Crippen LogP contribution is 2.32. The lowest BCUT2D eigenvalue weighted by molar-refractivity contribution is 0.0968. The van der Waals surface area contributed by atoms with Crippen LogP contribution in [0.2, 0.25) is 0 Å². The molecular formula is C21H26BrN3O3. The number of nitrogens with zero attached hydrogens (tertiary/aromatic N) is 1. The molecule has 7 heteroatoms. The zero-order chi connectivity index (χ0) is 20.3. The van der Waals surface area contributed by atoms with Crippen LogP contribution in [-0.4, -0.2) is 34.1 Å². The highest BCUT2D eigenvalue weighted by molar-refractivity contribution is 9.10. The first-order chi connectivity index (χ1) is 13.3. The van der Waals surface area contributed by atoms with Crippen molar-refractivity contribution >= 4 is 44.4 Å². The van der Waals surface area contributed by atoms with E-state index in [4.69, 9.17) is 5.11 Å². The number of ketones is 1. The fourth-order valence-corrected chi connectivity index (χ4v) is 4.13. The van der Waals surface area contributed by atoms with E-state index in [1.165, 1.54) is 0 Å². The Labute approximate surface area is 173 Å². The van der Waals surface area contributed by atoms with Crippen LogP contribution in [0.4, 0.5) is 10.5 Å². The number of Topliss-reactive ketones (excluding diaryl/α,β-unsaturated/α-hetero) is 1. The van der Waals surface area contributed by atoms with Gasteiger partial charge in [0, 0.05) is 34.6 Å². The molecule has 1 aromatic carbocycles. The molecule has 150 valence electrons. The van der Waals surface area contributed by atoms with Gasteiger partial charge in [0.2, 0.25) is 0 Å². The molecule has 6 nitrogen and oxygen atoms in total. The number of nitrogens with one attached hydrogen (secondary N) is 2. The molecule has 0 unspecified atom stereocenters. The first-order valence-electron chi connectivity index (χ1n) is 9.71.